The molecule has 3 aromatic carbocycles. The zero-order valence-corrected chi connectivity index (χ0v) is 18.6. The SMILES string of the molecule is O=C(NCCC=Cc1cc(Br)ccc1Cl)OCC1c2ccccc2-c2ccccc21. The average molecular weight is 483 g/mol. The highest BCUT2D eigenvalue weighted by Crippen LogP contribution is 2.44. The molecule has 1 amide bonds. The Morgan fingerprint density at radius 2 is 1.70 bits per heavy atom. The van der Waals surface area contributed by atoms with Crippen LogP contribution in [0.4, 0.5) is 4.79 Å². The molecule has 0 radical (unpaired) electrons. The minimum absolute atomic E-state index is 0.0710. The van der Waals surface area contributed by atoms with E-state index in [1.54, 1.807) is 0 Å². The first-order chi connectivity index (χ1) is 14.6. The number of alkyl carbamates (subject to hydrolysis) is 1. The molecule has 152 valence electrons. The summed E-state index contributed by atoms with van der Waals surface area (Å²) >= 11 is 9.61. The van der Waals surface area contributed by atoms with Crippen molar-refractivity contribution in [3.05, 3.63) is 99.0 Å². The molecule has 0 fully saturated rings. The van der Waals surface area contributed by atoms with Gasteiger partial charge < -0.3 is 10.1 Å². The summed E-state index contributed by atoms with van der Waals surface area (Å²) in [6.45, 7) is 0.822. The van der Waals surface area contributed by atoms with Gasteiger partial charge in [0, 0.05) is 22.0 Å². The first kappa shape index (κ1) is 20.7. The van der Waals surface area contributed by atoms with E-state index in [0.29, 0.717) is 24.6 Å². The molecule has 0 unspecified atom stereocenters. The molecule has 1 N–H and O–H groups in total. The zero-order valence-electron chi connectivity index (χ0n) is 16.3. The van der Waals surface area contributed by atoms with Crippen LogP contribution in [0.25, 0.3) is 17.2 Å². The van der Waals surface area contributed by atoms with Crippen LogP contribution < -0.4 is 5.32 Å². The lowest BCUT2D eigenvalue weighted by Crippen LogP contribution is -2.26. The number of fused-ring (bicyclic) bond motifs is 3. The van der Waals surface area contributed by atoms with E-state index in [-0.39, 0.29) is 5.92 Å². The third-order valence-corrected chi connectivity index (χ3v) is 6.02. The molecule has 0 saturated carbocycles. The van der Waals surface area contributed by atoms with E-state index >= 15 is 0 Å². The Labute approximate surface area is 189 Å². The zero-order chi connectivity index (χ0) is 20.9. The summed E-state index contributed by atoms with van der Waals surface area (Å²) in [4.78, 5) is 12.2. The minimum Gasteiger partial charge on any atom is -0.449 e. The fourth-order valence-corrected chi connectivity index (χ4v) is 4.32. The quantitative estimate of drug-likeness (QED) is 0.382. The highest BCUT2D eigenvalue weighted by molar-refractivity contribution is 9.10. The molecule has 5 heteroatoms. The van der Waals surface area contributed by atoms with Crippen LogP contribution in [0, 0.1) is 0 Å². The maximum atomic E-state index is 12.2. The number of amides is 1. The standard InChI is InChI=1S/C25H21BrClNO2/c26-18-12-13-24(27)17(15-18)7-5-6-14-28-25(29)30-16-23-21-10-3-1-8-19(21)20-9-2-4-11-22(20)23/h1-5,7-13,15,23H,6,14,16H2,(H,28,29). The predicted octanol–water partition coefficient (Wildman–Crippen LogP) is 7.04. The highest BCUT2D eigenvalue weighted by atomic mass is 79.9. The molecule has 0 spiro atoms. The lowest BCUT2D eigenvalue weighted by molar-refractivity contribution is 0.143. The Morgan fingerprint density at radius 3 is 2.40 bits per heavy atom. The van der Waals surface area contributed by atoms with Crippen molar-refractivity contribution in [3.63, 3.8) is 0 Å². The van der Waals surface area contributed by atoms with Crippen LogP contribution in [-0.4, -0.2) is 19.2 Å². The molecule has 0 heterocycles. The van der Waals surface area contributed by atoms with Crippen molar-refractivity contribution in [3.8, 4) is 11.1 Å². The summed E-state index contributed by atoms with van der Waals surface area (Å²) in [6.07, 6.45) is 4.22. The summed E-state index contributed by atoms with van der Waals surface area (Å²) in [5.74, 6) is 0.0710. The number of rotatable bonds is 6. The number of nitrogens with one attached hydrogen (secondary N) is 1. The van der Waals surface area contributed by atoms with Crippen LogP contribution >= 0.6 is 27.5 Å². The fraction of sp³-hybridized carbons (Fsp3) is 0.160. The van der Waals surface area contributed by atoms with Gasteiger partial charge in [0.2, 0.25) is 0 Å². The summed E-state index contributed by atoms with van der Waals surface area (Å²) < 4.78 is 6.51. The Bertz CT molecular complexity index is 1050. The Hall–Kier alpha value is -2.56. The molecule has 0 atom stereocenters. The minimum atomic E-state index is -0.397. The number of halogens is 2. The molecule has 3 aromatic rings. The molecular formula is C25H21BrClNO2. The second-order valence-electron chi connectivity index (χ2n) is 7.11. The second kappa shape index (κ2) is 9.50. The fourth-order valence-electron chi connectivity index (χ4n) is 3.76. The lowest BCUT2D eigenvalue weighted by Gasteiger charge is -2.14. The van der Waals surface area contributed by atoms with Crippen LogP contribution in [0.15, 0.2) is 77.3 Å². The Kier molecular flexibility index (Phi) is 6.56. The van der Waals surface area contributed by atoms with Gasteiger partial charge in [0.1, 0.15) is 6.61 Å². The van der Waals surface area contributed by atoms with Crippen LogP contribution in [0.3, 0.4) is 0 Å². The van der Waals surface area contributed by atoms with Crippen LogP contribution in [-0.2, 0) is 4.74 Å². The van der Waals surface area contributed by atoms with Gasteiger partial charge in [-0.3, -0.25) is 0 Å². The molecule has 1 aliphatic carbocycles. The number of ether oxygens (including phenoxy) is 1. The van der Waals surface area contributed by atoms with Gasteiger partial charge in [-0.2, -0.15) is 0 Å². The maximum absolute atomic E-state index is 12.2. The molecule has 0 aromatic heterocycles. The molecule has 1 aliphatic rings. The van der Waals surface area contributed by atoms with Crippen molar-refractivity contribution < 1.29 is 9.53 Å². The lowest BCUT2D eigenvalue weighted by atomic mass is 9.98. The summed E-state index contributed by atoms with van der Waals surface area (Å²) in [5.41, 5.74) is 5.80. The van der Waals surface area contributed by atoms with Crippen molar-refractivity contribution >= 4 is 39.7 Å². The smallest absolute Gasteiger partial charge is 0.407 e. The van der Waals surface area contributed by atoms with E-state index in [9.17, 15) is 4.79 Å². The van der Waals surface area contributed by atoms with Gasteiger partial charge >= 0.3 is 6.09 Å². The van der Waals surface area contributed by atoms with E-state index in [1.807, 2.05) is 54.6 Å². The van der Waals surface area contributed by atoms with E-state index < -0.39 is 6.09 Å². The second-order valence-corrected chi connectivity index (χ2v) is 8.43. The van der Waals surface area contributed by atoms with Crippen molar-refractivity contribution in [2.45, 2.75) is 12.3 Å². The van der Waals surface area contributed by atoms with E-state index in [0.717, 1.165) is 10.0 Å². The molecule has 30 heavy (non-hydrogen) atoms. The van der Waals surface area contributed by atoms with Gasteiger partial charge in [-0.1, -0.05) is 88.2 Å². The van der Waals surface area contributed by atoms with E-state index in [4.69, 9.17) is 16.3 Å². The van der Waals surface area contributed by atoms with Gasteiger partial charge in [0.25, 0.3) is 0 Å². The third-order valence-electron chi connectivity index (χ3n) is 5.18. The molecule has 0 saturated heterocycles. The van der Waals surface area contributed by atoms with E-state index in [2.05, 4.69) is 45.5 Å². The number of carbonyl (C=O) groups excluding carboxylic acids is 1. The molecule has 4 rings (SSSR count). The number of benzene rings is 3. The van der Waals surface area contributed by atoms with Gasteiger partial charge in [-0.05, 0) is 52.4 Å². The molecular weight excluding hydrogens is 462 g/mol. The Balaban J connectivity index is 1.28. The molecule has 0 bridgehead atoms. The summed E-state index contributed by atoms with van der Waals surface area (Å²) in [6, 6.07) is 22.3. The van der Waals surface area contributed by atoms with Gasteiger partial charge in [0.05, 0.1) is 0 Å². The maximum Gasteiger partial charge on any atom is 0.407 e. The first-order valence-electron chi connectivity index (χ1n) is 9.84. The van der Waals surface area contributed by atoms with Gasteiger partial charge in [-0.15, -0.1) is 0 Å². The van der Waals surface area contributed by atoms with Crippen LogP contribution in [0.1, 0.15) is 29.0 Å². The van der Waals surface area contributed by atoms with Crippen molar-refractivity contribution in [2.24, 2.45) is 0 Å². The summed E-state index contributed by atoms with van der Waals surface area (Å²) in [5, 5.41) is 3.51. The topological polar surface area (TPSA) is 38.3 Å². The predicted molar refractivity (Wildman–Crippen MR) is 126 cm³/mol. The van der Waals surface area contributed by atoms with Gasteiger partial charge in [-0.25, -0.2) is 4.79 Å². The molecule has 0 aliphatic heterocycles. The monoisotopic (exact) mass is 481 g/mol. The molecule has 3 nitrogen and oxygen atoms in total. The number of carbonyl (C=O) groups is 1. The summed E-state index contributed by atoms with van der Waals surface area (Å²) in [7, 11) is 0. The Morgan fingerprint density at radius 1 is 1.03 bits per heavy atom. The van der Waals surface area contributed by atoms with E-state index in [1.165, 1.54) is 22.3 Å². The van der Waals surface area contributed by atoms with Crippen molar-refractivity contribution in [1.82, 2.24) is 5.32 Å². The van der Waals surface area contributed by atoms with Crippen LogP contribution in [0.2, 0.25) is 5.02 Å². The average Bonchev–Trinajstić information content (AvgIpc) is 3.08. The normalized spacial score (nSPS) is 12.6. The third kappa shape index (κ3) is 4.61. The van der Waals surface area contributed by atoms with Crippen molar-refractivity contribution in [1.29, 1.82) is 0 Å². The first-order valence-corrected chi connectivity index (χ1v) is 11.0. The largest absolute Gasteiger partial charge is 0.449 e. The van der Waals surface area contributed by atoms with Gasteiger partial charge in [0.15, 0.2) is 0 Å². The number of hydrogen-bond acceptors (Lipinski definition) is 2. The highest BCUT2D eigenvalue weighted by Gasteiger charge is 2.28. The van der Waals surface area contributed by atoms with Crippen LogP contribution in [0.5, 0.6) is 0 Å². The van der Waals surface area contributed by atoms with Crippen molar-refractivity contribution in [2.75, 3.05) is 13.2 Å². The number of hydrogen-bond donors (Lipinski definition) is 1.